The maximum absolute atomic E-state index is 12.2. The van der Waals surface area contributed by atoms with Crippen molar-refractivity contribution in [3.8, 4) is 17.2 Å². The van der Waals surface area contributed by atoms with Crippen LogP contribution in [0.5, 0.6) is 17.2 Å². The fraction of sp³-hybridized carbons (Fsp3) is 0.348. The predicted molar refractivity (Wildman–Crippen MR) is 119 cm³/mol. The minimum absolute atomic E-state index is 0.00637. The van der Waals surface area contributed by atoms with E-state index in [1.165, 1.54) is 0 Å². The first-order chi connectivity index (χ1) is 15.7. The zero-order valence-electron chi connectivity index (χ0n) is 18.5. The number of fused-ring (bicyclic) bond motifs is 1. The third-order valence-corrected chi connectivity index (χ3v) is 5.16. The summed E-state index contributed by atoms with van der Waals surface area (Å²) in [7, 11) is 0. The van der Waals surface area contributed by atoms with E-state index in [-0.39, 0.29) is 19.1 Å². The van der Waals surface area contributed by atoms with E-state index in [1.54, 1.807) is 36.4 Å². The summed E-state index contributed by atoms with van der Waals surface area (Å²) < 4.78 is 21.5. The van der Waals surface area contributed by atoms with Crippen LogP contribution in [0.4, 0.5) is 0 Å². The van der Waals surface area contributed by atoms with Gasteiger partial charge in [0.25, 0.3) is 11.8 Å². The molecular weight excluding hydrogens is 452 g/mol. The number of benzene rings is 2. The summed E-state index contributed by atoms with van der Waals surface area (Å²) in [6.07, 6.45) is -0.936. The number of halogens is 1. The standard InChI is InChI=1S/C23H25ClN2O7/c1-13(2)15-9-16(24)14(3)8-19(15)31-12-22(28)32-11-21(27)25-26-23(29)20-10-30-17-6-4-5-7-18(17)33-20/h4-9,13,20H,10-12H2,1-3H3,(H,25,27)(H,26,29). The van der Waals surface area contributed by atoms with Crippen molar-refractivity contribution in [1.82, 2.24) is 10.9 Å². The summed E-state index contributed by atoms with van der Waals surface area (Å²) in [6.45, 7) is 4.81. The number of esters is 1. The first kappa shape index (κ1) is 24.2. The van der Waals surface area contributed by atoms with E-state index in [2.05, 4.69) is 10.9 Å². The molecule has 0 spiro atoms. The molecule has 1 atom stereocenters. The van der Waals surface area contributed by atoms with E-state index in [0.29, 0.717) is 22.3 Å². The Morgan fingerprint density at radius 3 is 2.58 bits per heavy atom. The zero-order chi connectivity index (χ0) is 24.0. The molecule has 3 rings (SSSR count). The molecule has 1 aliphatic heterocycles. The average Bonchev–Trinajstić information content (AvgIpc) is 2.81. The van der Waals surface area contributed by atoms with Gasteiger partial charge in [0.05, 0.1) is 0 Å². The van der Waals surface area contributed by atoms with Gasteiger partial charge in [-0.1, -0.05) is 37.6 Å². The Bertz CT molecular complexity index is 1040. The number of hydrogen-bond acceptors (Lipinski definition) is 7. The lowest BCUT2D eigenvalue weighted by Gasteiger charge is -2.25. The number of hydrogen-bond donors (Lipinski definition) is 2. The Labute approximate surface area is 196 Å². The molecule has 0 saturated heterocycles. The van der Waals surface area contributed by atoms with Crippen LogP contribution in [0, 0.1) is 6.92 Å². The maximum Gasteiger partial charge on any atom is 0.344 e. The monoisotopic (exact) mass is 476 g/mol. The van der Waals surface area contributed by atoms with Crippen LogP contribution >= 0.6 is 11.6 Å². The van der Waals surface area contributed by atoms with Crippen molar-refractivity contribution in [1.29, 1.82) is 0 Å². The van der Waals surface area contributed by atoms with Crippen LogP contribution in [0.3, 0.4) is 0 Å². The van der Waals surface area contributed by atoms with Gasteiger partial charge in [-0.3, -0.25) is 20.4 Å². The third-order valence-electron chi connectivity index (χ3n) is 4.75. The van der Waals surface area contributed by atoms with Gasteiger partial charge in [0.2, 0.25) is 6.10 Å². The third kappa shape index (κ3) is 6.52. The lowest BCUT2D eigenvalue weighted by Crippen LogP contribution is -2.51. The van der Waals surface area contributed by atoms with Crippen LogP contribution in [0.15, 0.2) is 36.4 Å². The van der Waals surface area contributed by atoms with E-state index in [4.69, 9.17) is 30.5 Å². The van der Waals surface area contributed by atoms with Gasteiger partial charge >= 0.3 is 5.97 Å². The first-order valence-corrected chi connectivity index (χ1v) is 10.7. The number of amides is 2. The molecule has 176 valence electrons. The van der Waals surface area contributed by atoms with E-state index < -0.39 is 30.5 Å². The number of carbonyl (C=O) groups excluding carboxylic acids is 3. The summed E-state index contributed by atoms with van der Waals surface area (Å²) >= 11 is 6.16. The van der Waals surface area contributed by atoms with Crippen LogP contribution in [-0.2, 0) is 19.1 Å². The minimum Gasteiger partial charge on any atom is -0.485 e. The summed E-state index contributed by atoms with van der Waals surface area (Å²) in [6, 6.07) is 10.5. The van der Waals surface area contributed by atoms with Crippen molar-refractivity contribution in [3.05, 3.63) is 52.5 Å². The average molecular weight is 477 g/mol. The highest BCUT2D eigenvalue weighted by atomic mass is 35.5. The quantitative estimate of drug-likeness (QED) is 0.466. The van der Waals surface area contributed by atoms with Gasteiger partial charge in [0.15, 0.2) is 24.7 Å². The number of aryl methyl sites for hydroxylation is 1. The number of para-hydroxylation sites is 2. The largest absolute Gasteiger partial charge is 0.485 e. The van der Waals surface area contributed by atoms with Gasteiger partial charge in [-0.05, 0) is 48.2 Å². The molecule has 10 heteroatoms. The first-order valence-electron chi connectivity index (χ1n) is 10.3. The van der Waals surface area contributed by atoms with Crippen molar-refractivity contribution in [2.75, 3.05) is 19.8 Å². The highest BCUT2D eigenvalue weighted by Gasteiger charge is 2.27. The van der Waals surface area contributed by atoms with Crippen LogP contribution in [0.25, 0.3) is 0 Å². The molecule has 0 fully saturated rings. The number of hydrazine groups is 1. The summed E-state index contributed by atoms with van der Waals surface area (Å²) in [4.78, 5) is 36.1. The molecule has 33 heavy (non-hydrogen) atoms. The molecule has 1 unspecified atom stereocenters. The number of carbonyl (C=O) groups is 3. The van der Waals surface area contributed by atoms with Crippen molar-refractivity contribution in [3.63, 3.8) is 0 Å². The molecule has 0 saturated carbocycles. The Hall–Kier alpha value is -3.46. The Kier molecular flexibility index (Phi) is 8.00. The van der Waals surface area contributed by atoms with Crippen LogP contribution in [0.1, 0.15) is 30.9 Å². The summed E-state index contributed by atoms with van der Waals surface area (Å²) in [5, 5.41) is 0.613. The lowest BCUT2D eigenvalue weighted by atomic mass is 10.0. The SMILES string of the molecule is Cc1cc(OCC(=O)OCC(=O)NNC(=O)C2COc3ccccc3O2)c(C(C)C)cc1Cl. The molecule has 2 amide bonds. The topological polar surface area (TPSA) is 112 Å². The van der Waals surface area contributed by atoms with Crippen molar-refractivity contribution < 1.29 is 33.3 Å². The molecule has 9 nitrogen and oxygen atoms in total. The zero-order valence-corrected chi connectivity index (χ0v) is 19.2. The second-order valence-corrected chi connectivity index (χ2v) is 8.05. The lowest BCUT2D eigenvalue weighted by molar-refractivity contribution is -0.151. The molecule has 0 aliphatic carbocycles. The van der Waals surface area contributed by atoms with Crippen LogP contribution < -0.4 is 25.1 Å². The van der Waals surface area contributed by atoms with Crippen molar-refractivity contribution in [2.24, 2.45) is 0 Å². The molecule has 0 bridgehead atoms. The normalized spacial score (nSPS) is 14.4. The van der Waals surface area contributed by atoms with Gasteiger partial charge in [-0.2, -0.15) is 0 Å². The van der Waals surface area contributed by atoms with Gasteiger partial charge in [-0.25, -0.2) is 4.79 Å². The van der Waals surface area contributed by atoms with E-state index >= 15 is 0 Å². The van der Waals surface area contributed by atoms with E-state index in [0.717, 1.165) is 11.1 Å². The highest BCUT2D eigenvalue weighted by molar-refractivity contribution is 6.31. The Morgan fingerprint density at radius 1 is 1.12 bits per heavy atom. The predicted octanol–water partition coefficient (Wildman–Crippen LogP) is 2.68. The smallest absolute Gasteiger partial charge is 0.344 e. The van der Waals surface area contributed by atoms with Gasteiger partial charge in [-0.15, -0.1) is 0 Å². The highest BCUT2D eigenvalue weighted by Crippen LogP contribution is 2.32. The molecule has 0 aromatic heterocycles. The van der Waals surface area contributed by atoms with E-state index in [1.807, 2.05) is 20.8 Å². The van der Waals surface area contributed by atoms with Gasteiger partial charge < -0.3 is 18.9 Å². The van der Waals surface area contributed by atoms with Gasteiger partial charge in [0, 0.05) is 5.02 Å². The van der Waals surface area contributed by atoms with Crippen LogP contribution in [0.2, 0.25) is 5.02 Å². The van der Waals surface area contributed by atoms with Crippen molar-refractivity contribution in [2.45, 2.75) is 32.8 Å². The number of nitrogens with one attached hydrogen (secondary N) is 2. The molecular formula is C23H25ClN2O7. The fourth-order valence-electron chi connectivity index (χ4n) is 2.97. The fourth-order valence-corrected chi connectivity index (χ4v) is 3.14. The number of rotatable bonds is 7. The Balaban J connectivity index is 1.40. The van der Waals surface area contributed by atoms with Gasteiger partial charge in [0.1, 0.15) is 12.4 Å². The second kappa shape index (κ2) is 10.9. The van der Waals surface area contributed by atoms with Crippen molar-refractivity contribution >= 4 is 29.4 Å². The number of ether oxygens (including phenoxy) is 4. The molecule has 2 aromatic carbocycles. The maximum atomic E-state index is 12.2. The van der Waals surface area contributed by atoms with E-state index in [9.17, 15) is 14.4 Å². The molecule has 2 aromatic rings. The second-order valence-electron chi connectivity index (χ2n) is 7.64. The molecule has 1 heterocycles. The summed E-state index contributed by atoms with van der Waals surface area (Å²) in [5.74, 6) is -0.438. The Morgan fingerprint density at radius 2 is 1.85 bits per heavy atom. The molecule has 2 N–H and O–H groups in total. The van der Waals surface area contributed by atoms with Crippen LogP contribution in [-0.4, -0.2) is 43.7 Å². The summed E-state index contributed by atoms with van der Waals surface area (Å²) in [5.41, 5.74) is 6.05. The molecule has 1 aliphatic rings. The minimum atomic E-state index is -0.936. The molecule has 0 radical (unpaired) electrons.